The highest BCUT2D eigenvalue weighted by Crippen LogP contribution is 2.28. The number of amides is 1. The van der Waals surface area contributed by atoms with Crippen LogP contribution < -0.4 is 4.74 Å². The fraction of sp³-hybridized carbons (Fsp3) is 0.429. The Bertz CT molecular complexity index is 555. The van der Waals surface area contributed by atoms with Gasteiger partial charge in [0.25, 0.3) is 5.91 Å². The number of ether oxygens (including phenoxy) is 2. The first-order valence-corrected chi connectivity index (χ1v) is 7.30. The molecule has 1 fully saturated rings. The Kier molecular flexibility index (Phi) is 5.19. The molecule has 0 unspecified atom stereocenters. The number of carbonyl (C=O) groups is 2. The smallest absolute Gasteiger partial charge is 0.339 e. The number of morpholine rings is 1. The minimum Gasteiger partial charge on any atom is -0.483 e. The molecule has 0 atom stereocenters. The van der Waals surface area contributed by atoms with Crippen molar-refractivity contribution in [3.63, 3.8) is 0 Å². The maximum absolute atomic E-state index is 12.0. The van der Waals surface area contributed by atoms with Gasteiger partial charge in [0.15, 0.2) is 6.61 Å². The van der Waals surface area contributed by atoms with E-state index in [2.05, 4.69) is 15.9 Å². The van der Waals surface area contributed by atoms with Crippen molar-refractivity contribution in [1.29, 1.82) is 0 Å². The van der Waals surface area contributed by atoms with E-state index in [4.69, 9.17) is 9.47 Å². The number of hydrogen-bond acceptors (Lipinski definition) is 4. The second kappa shape index (κ2) is 6.91. The summed E-state index contributed by atoms with van der Waals surface area (Å²) in [6.45, 7) is 3.67. The summed E-state index contributed by atoms with van der Waals surface area (Å²) in [5.74, 6) is -1.03. The van der Waals surface area contributed by atoms with Crippen molar-refractivity contribution in [3.05, 3.63) is 27.7 Å². The van der Waals surface area contributed by atoms with Crippen LogP contribution in [0.25, 0.3) is 0 Å². The molecule has 114 valence electrons. The third kappa shape index (κ3) is 3.95. The fourth-order valence-corrected chi connectivity index (χ4v) is 2.69. The number of hydrogen-bond donors (Lipinski definition) is 1. The molecule has 0 saturated carbocycles. The second-order valence-electron chi connectivity index (χ2n) is 4.69. The molecule has 6 nitrogen and oxygen atoms in total. The highest BCUT2D eigenvalue weighted by atomic mass is 79.9. The van der Waals surface area contributed by atoms with Crippen LogP contribution in [0, 0.1) is 6.92 Å². The first-order chi connectivity index (χ1) is 9.99. The molecule has 1 amide bonds. The molecule has 1 heterocycles. The molecule has 1 N–H and O–H groups in total. The van der Waals surface area contributed by atoms with Crippen molar-refractivity contribution in [3.8, 4) is 5.75 Å². The number of rotatable bonds is 4. The van der Waals surface area contributed by atoms with Gasteiger partial charge in [-0.3, -0.25) is 4.79 Å². The van der Waals surface area contributed by atoms with Crippen LogP contribution >= 0.6 is 15.9 Å². The highest BCUT2D eigenvalue weighted by molar-refractivity contribution is 9.10. The molecule has 1 aromatic rings. The average Bonchev–Trinajstić information content (AvgIpc) is 2.46. The number of halogens is 1. The molecule has 0 aromatic heterocycles. The molecule has 0 radical (unpaired) electrons. The van der Waals surface area contributed by atoms with Crippen molar-refractivity contribution < 1.29 is 24.2 Å². The summed E-state index contributed by atoms with van der Waals surface area (Å²) in [5.41, 5.74) is 0.702. The molecule has 0 bridgehead atoms. The van der Waals surface area contributed by atoms with Crippen molar-refractivity contribution in [2.45, 2.75) is 6.92 Å². The average molecular weight is 358 g/mol. The van der Waals surface area contributed by atoms with Gasteiger partial charge in [0.1, 0.15) is 11.3 Å². The largest absolute Gasteiger partial charge is 0.483 e. The van der Waals surface area contributed by atoms with Gasteiger partial charge in [0.2, 0.25) is 0 Å². The van der Waals surface area contributed by atoms with Gasteiger partial charge in [-0.2, -0.15) is 0 Å². The Labute approximate surface area is 130 Å². The maximum Gasteiger partial charge on any atom is 0.339 e. The van der Waals surface area contributed by atoms with Crippen LogP contribution in [-0.2, 0) is 9.53 Å². The monoisotopic (exact) mass is 357 g/mol. The molecule has 2 rings (SSSR count). The number of aromatic carboxylic acids is 1. The van der Waals surface area contributed by atoms with E-state index >= 15 is 0 Å². The van der Waals surface area contributed by atoms with Gasteiger partial charge in [-0.1, -0.05) is 15.9 Å². The zero-order valence-corrected chi connectivity index (χ0v) is 13.2. The number of carboxylic acids is 1. The number of aryl methyl sites for hydroxylation is 1. The normalized spacial score (nSPS) is 14.9. The van der Waals surface area contributed by atoms with Crippen LogP contribution in [0.4, 0.5) is 0 Å². The number of nitrogens with zero attached hydrogens (tertiary/aromatic N) is 1. The summed E-state index contributed by atoms with van der Waals surface area (Å²) in [4.78, 5) is 24.9. The Morgan fingerprint density at radius 3 is 2.67 bits per heavy atom. The van der Waals surface area contributed by atoms with E-state index < -0.39 is 5.97 Å². The predicted molar refractivity (Wildman–Crippen MR) is 78.7 cm³/mol. The van der Waals surface area contributed by atoms with Crippen molar-refractivity contribution in [2.24, 2.45) is 0 Å². The van der Waals surface area contributed by atoms with E-state index in [1.807, 2.05) is 0 Å². The zero-order valence-electron chi connectivity index (χ0n) is 11.6. The van der Waals surface area contributed by atoms with E-state index in [0.29, 0.717) is 36.3 Å². The van der Waals surface area contributed by atoms with Gasteiger partial charge in [0, 0.05) is 17.6 Å². The van der Waals surface area contributed by atoms with Crippen molar-refractivity contribution >= 4 is 27.8 Å². The lowest BCUT2D eigenvalue weighted by Crippen LogP contribution is -2.43. The van der Waals surface area contributed by atoms with Crippen LogP contribution in [0.5, 0.6) is 5.75 Å². The van der Waals surface area contributed by atoms with E-state index in [9.17, 15) is 14.7 Å². The van der Waals surface area contributed by atoms with Gasteiger partial charge in [0.05, 0.1) is 13.2 Å². The van der Waals surface area contributed by atoms with Crippen LogP contribution in [-0.4, -0.2) is 54.8 Å². The summed E-state index contributed by atoms with van der Waals surface area (Å²) in [6.07, 6.45) is 0. The predicted octanol–water partition coefficient (Wildman–Crippen LogP) is 1.69. The van der Waals surface area contributed by atoms with Crippen LogP contribution in [0.2, 0.25) is 0 Å². The van der Waals surface area contributed by atoms with Crippen LogP contribution in [0.1, 0.15) is 15.9 Å². The van der Waals surface area contributed by atoms with E-state index in [1.165, 1.54) is 6.07 Å². The molecular weight excluding hydrogens is 342 g/mol. The molecule has 1 aliphatic rings. The summed E-state index contributed by atoms with van der Waals surface area (Å²) in [7, 11) is 0. The summed E-state index contributed by atoms with van der Waals surface area (Å²) in [5, 5.41) is 9.22. The minimum absolute atomic E-state index is 0.0386. The van der Waals surface area contributed by atoms with Crippen LogP contribution in [0.3, 0.4) is 0 Å². The Hall–Kier alpha value is -1.60. The molecule has 1 aliphatic heterocycles. The summed E-state index contributed by atoms with van der Waals surface area (Å²) >= 11 is 3.25. The summed E-state index contributed by atoms with van der Waals surface area (Å²) < 4.78 is 11.3. The van der Waals surface area contributed by atoms with E-state index in [1.54, 1.807) is 17.9 Å². The van der Waals surface area contributed by atoms with Gasteiger partial charge < -0.3 is 19.5 Å². The molecule has 0 spiro atoms. The Morgan fingerprint density at radius 1 is 1.38 bits per heavy atom. The second-order valence-corrected chi connectivity index (χ2v) is 5.60. The quantitative estimate of drug-likeness (QED) is 0.887. The SMILES string of the molecule is Cc1cc(Br)cc(C(=O)O)c1OCC(=O)N1CCOCC1. The molecule has 1 aromatic carbocycles. The third-order valence-electron chi connectivity index (χ3n) is 3.17. The van der Waals surface area contributed by atoms with Crippen LogP contribution in [0.15, 0.2) is 16.6 Å². The lowest BCUT2D eigenvalue weighted by Gasteiger charge is -2.27. The van der Waals surface area contributed by atoms with E-state index in [-0.39, 0.29) is 23.8 Å². The lowest BCUT2D eigenvalue weighted by molar-refractivity contribution is -0.137. The van der Waals surface area contributed by atoms with Crippen molar-refractivity contribution in [2.75, 3.05) is 32.9 Å². The standard InChI is InChI=1S/C14H16BrNO5/c1-9-6-10(15)7-11(14(18)19)13(9)21-8-12(17)16-2-4-20-5-3-16/h6-7H,2-5,8H2,1H3,(H,18,19). The Morgan fingerprint density at radius 2 is 2.05 bits per heavy atom. The first kappa shape index (κ1) is 15.8. The molecule has 1 saturated heterocycles. The highest BCUT2D eigenvalue weighted by Gasteiger charge is 2.20. The molecular formula is C14H16BrNO5. The Balaban J connectivity index is 2.08. The van der Waals surface area contributed by atoms with E-state index in [0.717, 1.165) is 0 Å². The number of carbonyl (C=O) groups excluding carboxylic acids is 1. The zero-order chi connectivity index (χ0) is 15.4. The maximum atomic E-state index is 12.0. The lowest BCUT2D eigenvalue weighted by atomic mass is 10.1. The molecule has 7 heteroatoms. The van der Waals surface area contributed by atoms with Gasteiger partial charge in [-0.25, -0.2) is 4.79 Å². The van der Waals surface area contributed by atoms with Gasteiger partial charge in [-0.05, 0) is 24.6 Å². The fourth-order valence-electron chi connectivity index (χ4n) is 2.12. The number of carboxylic acid groups (broad SMARTS) is 1. The number of benzene rings is 1. The van der Waals surface area contributed by atoms with Crippen molar-refractivity contribution in [1.82, 2.24) is 4.90 Å². The molecule has 21 heavy (non-hydrogen) atoms. The van der Waals surface area contributed by atoms with Gasteiger partial charge in [-0.15, -0.1) is 0 Å². The minimum atomic E-state index is -1.09. The molecule has 0 aliphatic carbocycles. The topological polar surface area (TPSA) is 76.1 Å². The third-order valence-corrected chi connectivity index (χ3v) is 3.63. The summed E-state index contributed by atoms with van der Waals surface area (Å²) in [6, 6.07) is 3.21. The van der Waals surface area contributed by atoms with Gasteiger partial charge >= 0.3 is 5.97 Å². The first-order valence-electron chi connectivity index (χ1n) is 6.51.